The highest BCUT2D eigenvalue weighted by Gasteiger charge is 2.24. The zero-order chi connectivity index (χ0) is 17.1. The third-order valence-electron chi connectivity index (χ3n) is 2.41. The molecule has 1 atom stereocenters. The molecule has 1 aromatic rings. The van der Waals surface area contributed by atoms with Gasteiger partial charge in [0.15, 0.2) is 12.9 Å². The fraction of sp³-hybridized carbons (Fsp3) is 0.429. The number of phenolic OH excluding ortho intramolecular Hbond substituents is 2. The smallest absolute Gasteiger partial charge is 0.408 e. The standard InChI is InChI=1S/C14H19NO6/c1-14(2,3)21-13(20)15-9(12(18)19)6-8-4-5-10(16)11(17)7-8/h4-5,7,9,16-17H,6H2,1-3H3,(H,15,20)(H,18,19)/t9-/m0/s1/i/hD. The number of amides is 1. The molecule has 0 aliphatic heterocycles. The second kappa shape index (κ2) is 6.34. The SMILES string of the molecule is [2H]N(C(=O)OC(C)(C)C)[C@@H](Cc1ccc(O)c(O)c1)C(=O)O. The molecule has 0 unspecified atom stereocenters. The molecule has 116 valence electrons. The van der Waals surface area contributed by atoms with E-state index in [1.807, 2.05) is 0 Å². The van der Waals surface area contributed by atoms with Crippen LogP contribution in [0.2, 0.25) is 1.41 Å². The lowest BCUT2D eigenvalue weighted by atomic mass is 10.1. The quantitative estimate of drug-likeness (QED) is 0.628. The molecule has 0 bridgehead atoms. The van der Waals surface area contributed by atoms with Gasteiger partial charge in [-0.2, -0.15) is 0 Å². The second-order valence-corrected chi connectivity index (χ2v) is 5.49. The Bertz CT molecular complexity index is 569. The number of carboxylic acids is 1. The van der Waals surface area contributed by atoms with Crippen LogP contribution in [0.1, 0.15) is 26.3 Å². The van der Waals surface area contributed by atoms with E-state index in [1.54, 1.807) is 20.8 Å². The van der Waals surface area contributed by atoms with E-state index < -0.39 is 29.5 Å². The number of phenols is 2. The molecule has 7 nitrogen and oxygen atoms in total. The van der Waals surface area contributed by atoms with E-state index in [4.69, 9.17) is 6.15 Å². The number of hydrogen-bond acceptors (Lipinski definition) is 5. The first kappa shape index (κ1) is 15.0. The fourth-order valence-corrected chi connectivity index (χ4v) is 1.52. The third-order valence-corrected chi connectivity index (χ3v) is 2.41. The summed E-state index contributed by atoms with van der Waals surface area (Å²) in [6, 6.07) is 2.28. The van der Waals surface area contributed by atoms with Gasteiger partial charge in [0, 0.05) is 6.42 Å². The summed E-state index contributed by atoms with van der Waals surface area (Å²) >= 11 is 0. The molecule has 1 aromatic carbocycles. The molecule has 0 fully saturated rings. The number of hydrogen-bond donors (Lipinski definition) is 4. The van der Waals surface area contributed by atoms with Gasteiger partial charge in [0.2, 0.25) is 0 Å². The Morgan fingerprint density at radius 1 is 1.33 bits per heavy atom. The van der Waals surface area contributed by atoms with Gasteiger partial charge < -0.3 is 25.4 Å². The summed E-state index contributed by atoms with van der Waals surface area (Å²) < 4.78 is 12.6. The van der Waals surface area contributed by atoms with E-state index in [-0.39, 0.29) is 17.5 Å². The van der Waals surface area contributed by atoms with Crippen molar-refractivity contribution in [2.24, 2.45) is 0 Å². The Morgan fingerprint density at radius 3 is 2.43 bits per heavy atom. The summed E-state index contributed by atoms with van der Waals surface area (Å²) in [7, 11) is 0. The number of carbonyl (C=O) groups excluding carboxylic acids is 1. The van der Waals surface area contributed by atoms with Gasteiger partial charge in [-0.25, -0.2) is 9.59 Å². The topological polar surface area (TPSA) is 116 Å². The third kappa shape index (κ3) is 5.60. The van der Waals surface area contributed by atoms with E-state index in [9.17, 15) is 24.9 Å². The maximum Gasteiger partial charge on any atom is 0.408 e. The van der Waals surface area contributed by atoms with E-state index in [2.05, 4.69) is 0 Å². The normalized spacial score (nSPS) is 13.2. The van der Waals surface area contributed by atoms with Crippen LogP contribution in [0.15, 0.2) is 18.2 Å². The van der Waals surface area contributed by atoms with Crippen LogP contribution in [-0.2, 0) is 16.0 Å². The summed E-state index contributed by atoms with van der Waals surface area (Å²) in [4.78, 5) is 23.1. The number of alkyl carbamates (subject to hydrolysis) is 1. The Hall–Kier alpha value is -2.44. The summed E-state index contributed by atoms with van der Waals surface area (Å²) in [6.45, 7) is 4.81. The molecule has 0 heterocycles. The predicted molar refractivity (Wildman–Crippen MR) is 74.3 cm³/mol. The van der Waals surface area contributed by atoms with Crippen LogP contribution in [0, 0.1) is 0 Å². The number of nitrogens with one attached hydrogen (secondary N) is 1. The highest BCUT2D eigenvalue weighted by molar-refractivity contribution is 5.80. The molecule has 0 spiro atoms. The van der Waals surface area contributed by atoms with E-state index in [0.717, 1.165) is 0 Å². The molecule has 1 rings (SSSR count). The highest BCUT2D eigenvalue weighted by Crippen LogP contribution is 2.25. The predicted octanol–water partition coefficient (Wildman–Crippen LogP) is 1.62. The summed E-state index contributed by atoms with van der Waals surface area (Å²) in [6.07, 6.45) is -1.30. The summed E-state index contributed by atoms with van der Waals surface area (Å²) in [5.74, 6) is -2.13. The van der Waals surface area contributed by atoms with Crippen molar-refractivity contribution >= 4 is 12.1 Å². The minimum absolute atomic E-state index is 0.216. The molecule has 0 aromatic heterocycles. The molecule has 7 heteroatoms. The van der Waals surface area contributed by atoms with Crippen LogP contribution in [0.3, 0.4) is 0 Å². The lowest BCUT2D eigenvalue weighted by Crippen LogP contribution is -2.44. The monoisotopic (exact) mass is 298 g/mol. The van der Waals surface area contributed by atoms with Gasteiger partial charge >= 0.3 is 12.1 Å². The fourth-order valence-electron chi connectivity index (χ4n) is 1.52. The first-order chi connectivity index (χ1) is 10.0. The van der Waals surface area contributed by atoms with E-state index in [0.29, 0.717) is 5.56 Å². The summed E-state index contributed by atoms with van der Waals surface area (Å²) in [5, 5.41) is 28.1. The van der Waals surface area contributed by atoms with Crippen molar-refractivity contribution in [1.82, 2.24) is 5.31 Å². The molecular weight excluding hydrogens is 278 g/mol. The average molecular weight is 298 g/mol. The van der Waals surface area contributed by atoms with Crippen LogP contribution in [-0.4, -0.2) is 39.0 Å². The number of carbonyl (C=O) groups is 2. The molecule has 0 aliphatic carbocycles. The number of aromatic hydroxyl groups is 2. The number of carboxylic acid groups (broad SMARTS) is 1. The molecule has 0 aliphatic rings. The maximum atomic E-state index is 11.8. The lowest BCUT2D eigenvalue weighted by molar-refractivity contribution is -0.139. The molecular formula is C14H19NO6. The van der Waals surface area contributed by atoms with Crippen molar-refractivity contribution in [1.29, 1.82) is 0 Å². The molecule has 0 saturated carbocycles. The van der Waals surface area contributed by atoms with Crippen LogP contribution >= 0.6 is 0 Å². The van der Waals surface area contributed by atoms with Crippen LogP contribution in [0.25, 0.3) is 0 Å². The highest BCUT2D eigenvalue weighted by atomic mass is 16.6. The minimum Gasteiger partial charge on any atom is -0.504 e. The van der Waals surface area contributed by atoms with Gasteiger partial charge in [-0.1, -0.05) is 6.07 Å². The molecule has 0 radical (unpaired) electrons. The van der Waals surface area contributed by atoms with Crippen LogP contribution < -0.4 is 5.31 Å². The van der Waals surface area contributed by atoms with Crippen molar-refractivity contribution in [3.05, 3.63) is 23.8 Å². The van der Waals surface area contributed by atoms with Crippen molar-refractivity contribution in [2.45, 2.75) is 38.8 Å². The van der Waals surface area contributed by atoms with Crippen LogP contribution in [0.5, 0.6) is 11.5 Å². The van der Waals surface area contributed by atoms with Crippen molar-refractivity contribution in [2.75, 3.05) is 0 Å². The van der Waals surface area contributed by atoms with Gasteiger partial charge in [-0.15, -0.1) is 0 Å². The Labute approximate surface area is 123 Å². The Balaban J connectivity index is 2.91. The number of benzene rings is 1. The number of aliphatic carboxylic acids is 1. The first-order valence-corrected chi connectivity index (χ1v) is 6.26. The number of rotatable bonds is 4. The average Bonchev–Trinajstić information content (AvgIpc) is 2.36. The van der Waals surface area contributed by atoms with Gasteiger partial charge in [-0.05, 0) is 38.5 Å². The first-order valence-electron chi connectivity index (χ1n) is 6.70. The van der Waals surface area contributed by atoms with Gasteiger partial charge in [0.05, 0.1) is 0 Å². The largest absolute Gasteiger partial charge is 0.504 e. The van der Waals surface area contributed by atoms with Crippen molar-refractivity contribution in [3.63, 3.8) is 0 Å². The van der Waals surface area contributed by atoms with E-state index in [1.165, 1.54) is 18.2 Å². The molecule has 21 heavy (non-hydrogen) atoms. The van der Waals surface area contributed by atoms with Gasteiger partial charge in [0.25, 0.3) is 0 Å². The second-order valence-electron chi connectivity index (χ2n) is 5.49. The van der Waals surface area contributed by atoms with Crippen molar-refractivity contribution in [3.8, 4) is 11.5 Å². The van der Waals surface area contributed by atoms with Crippen molar-refractivity contribution < 1.29 is 31.1 Å². The zero-order valence-electron chi connectivity index (χ0n) is 13.0. The van der Waals surface area contributed by atoms with Gasteiger partial charge in [0.1, 0.15) is 11.6 Å². The lowest BCUT2D eigenvalue weighted by Gasteiger charge is -2.22. The molecule has 1 amide bonds. The van der Waals surface area contributed by atoms with E-state index >= 15 is 0 Å². The molecule has 0 saturated heterocycles. The Kier molecular flexibility index (Phi) is 4.52. The van der Waals surface area contributed by atoms with Gasteiger partial charge in [-0.3, -0.25) is 0 Å². The Morgan fingerprint density at radius 2 is 1.95 bits per heavy atom. The number of ether oxygens (including phenoxy) is 1. The summed E-state index contributed by atoms with van der Waals surface area (Å²) in [5.41, 5.74) is -0.500. The zero-order valence-corrected chi connectivity index (χ0v) is 12.0. The maximum absolute atomic E-state index is 11.8. The molecule has 4 N–H and O–H groups in total. The van der Waals surface area contributed by atoms with Crippen LogP contribution in [0.4, 0.5) is 4.79 Å². The minimum atomic E-state index is -1.49.